The van der Waals surface area contributed by atoms with Gasteiger partial charge >= 0.3 is 10.3 Å². The Kier molecular flexibility index (Phi) is 7.20. The van der Waals surface area contributed by atoms with Crippen molar-refractivity contribution in [2.24, 2.45) is 5.16 Å². The van der Waals surface area contributed by atoms with Gasteiger partial charge in [0.1, 0.15) is 18.3 Å². The number of thiazole rings is 1. The number of aliphatic hydroxyl groups excluding tert-OH is 1. The van der Waals surface area contributed by atoms with Gasteiger partial charge in [0.15, 0.2) is 23.4 Å². The monoisotopic (exact) mass is 450 g/mol. The molecule has 160 valence electrons. The summed E-state index contributed by atoms with van der Waals surface area (Å²) in [4.78, 5) is 43.6. The molecule has 16 heteroatoms. The summed E-state index contributed by atoms with van der Waals surface area (Å²) in [6.07, 6.45) is -1.10. The molecule has 1 saturated heterocycles. The Bertz CT molecular complexity index is 916. The van der Waals surface area contributed by atoms with Crippen molar-refractivity contribution >= 4 is 50.6 Å². The Morgan fingerprint density at radius 1 is 1.59 bits per heavy atom. The Morgan fingerprint density at radius 2 is 2.28 bits per heavy atom. The van der Waals surface area contributed by atoms with Gasteiger partial charge in [0, 0.05) is 11.9 Å². The third-order valence-electron chi connectivity index (χ3n) is 3.68. The van der Waals surface area contributed by atoms with Crippen molar-refractivity contribution in [2.45, 2.75) is 25.2 Å². The molecule has 2 amide bonds. The van der Waals surface area contributed by atoms with Crippen molar-refractivity contribution in [1.82, 2.24) is 19.9 Å². The van der Waals surface area contributed by atoms with Gasteiger partial charge < -0.3 is 21.0 Å². The molecule has 6 N–H and O–H groups in total. The quantitative estimate of drug-likeness (QED) is 0.0462. The number of nitrogen functional groups attached to an aromatic ring is 1. The van der Waals surface area contributed by atoms with E-state index in [4.69, 9.17) is 20.2 Å². The average molecular weight is 450 g/mol. The number of aromatic nitrogens is 1. The first-order valence-electron chi connectivity index (χ1n) is 7.96. The molecule has 0 aromatic carbocycles. The van der Waals surface area contributed by atoms with E-state index in [-0.39, 0.29) is 40.3 Å². The van der Waals surface area contributed by atoms with Gasteiger partial charge in [-0.25, -0.2) is 9.29 Å². The highest BCUT2D eigenvalue weighted by Gasteiger charge is 2.51. The first kappa shape index (κ1) is 22.6. The Labute approximate surface area is 168 Å². The van der Waals surface area contributed by atoms with Gasteiger partial charge in [-0.3, -0.25) is 24.3 Å². The Hall–Kier alpha value is -2.66. The predicted octanol–water partition coefficient (Wildman–Crippen LogP) is -2.93. The summed E-state index contributed by atoms with van der Waals surface area (Å²) < 4.78 is 31.5. The minimum atomic E-state index is -4.73. The number of rotatable bonds is 10. The lowest BCUT2D eigenvalue weighted by atomic mass is 10.0. The van der Waals surface area contributed by atoms with E-state index >= 15 is 0 Å². The highest BCUT2D eigenvalue weighted by Crippen LogP contribution is 2.23. The van der Waals surface area contributed by atoms with Gasteiger partial charge in [0.2, 0.25) is 0 Å². The molecule has 3 atom stereocenters. The van der Waals surface area contributed by atoms with E-state index in [9.17, 15) is 22.8 Å². The zero-order chi connectivity index (χ0) is 21.8. The molecular formula is C13H18N6O8S2. The van der Waals surface area contributed by atoms with Gasteiger partial charge in [-0.2, -0.15) is 8.42 Å². The van der Waals surface area contributed by atoms with Crippen molar-refractivity contribution in [2.75, 3.05) is 18.9 Å². The fourth-order valence-corrected chi connectivity index (χ4v) is 3.76. The number of β-lactam (4-membered cyclic amide) rings is 1. The summed E-state index contributed by atoms with van der Waals surface area (Å²) in [7, 11) is -4.73. The molecular weight excluding hydrogens is 432 g/mol. The first-order valence-corrected chi connectivity index (χ1v) is 10.2. The van der Waals surface area contributed by atoms with Gasteiger partial charge in [0.05, 0.1) is 6.04 Å². The van der Waals surface area contributed by atoms with Crippen molar-refractivity contribution in [3.05, 3.63) is 11.1 Å². The van der Waals surface area contributed by atoms with Crippen LogP contribution in [0, 0.1) is 0 Å². The molecule has 29 heavy (non-hydrogen) atoms. The molecule has 1 aliphatic rings. The molecule has 1 aromatic heterocycles. The zero-order valence-electron chi connectivity index (χ0n) is 14.9. The molecule has 1 fully saturated rings. The number of oxime groups is 1. The van der Waals surface area contributed by atoms with Crippen LogP contribution in [0.4, 0.5) is 5.13 Å². The summed E-state index contributed by atoms with van der Waals surface area (Å²) >= 11 is 1.02. The maximum absolute atomic E-state index is 12.5. The van der Waals surface area contributed by atoms with Gasteiger partial charge in [0.25, 0.3) is 11.8 Å². The van der Waals surface area contributed by atoms with E-state index in [1.807, 2.05) is 0 Å². The summed E-state index contributed by atoms with van der Waals surface area (Å²) in [5.74, 6) is -1.91. The minimum Gasteiger partial charge on any atom is -0.394 e. The molecule has 0 bridgehead atoms. The molecule has 0 aliphatic carbocycles. The molecule has 14 nitrogen and oxygen atoms in total. The van der Waals surface area contributed by atoms with Crippen LogP contribution < -0.4 is 16.4 Å². The number of carbonyl (C=O) groups excluding carboxylic acids is 3. The number of carbonyl (C=O) groups is 3. The lowest BCUT2D eigenvalue weighted by Crippen LogP contribution is -2.71. The molecule has 1 unspecified atom stereocenters. The van der Waals surface area contributed by atoms with Crippen LogP contribution in [0.25, 0.3) is 0 Å². The van der Waals surface area contributed by atoms with Crippen LogP contribution in [0.1, 0.15) is 12.6 Å². The lowest BCUT2D eigenvalue weighted by Gasteiger charge is -2.42. The maximum Gasteiger partial charge on any atom is 0.362 e. The molecule has 1 aliphatic heterocycles. The van der Waals surface area contributed by atoms with Crippen LogP contribution >= 0.6 is 11.3 Å². The largest absolute Gasteiger partial charge is 0.394 e. The smallest absolute Gasteiger partial charge is 0.362 e. The van der Waals surface area contributed by atoms with Crippen molar-refractivity contribution in [1.29, 1.82) is 0 Å². The highest BCUT2D eigenvalue weighted by molar-refractivity contribution is 7.84. The number of nitrogens with zero attached hydrogens (tertiary/aromatic N) is 3. The Balaban J connectivity index is 2.07. The van der Waals surface area contributed by atoms with Crippen molar-refractivity contribution in [3.63, 3.8) is 0 Å². The topological polar surface area (TPSA) is 214 Å². The number of anilines is 1. The third kappa shape index (κ3) is 5.45. The fourth-order valence-electron chi connectivity index (χ4n) is 2.32. The van der Waals surface area contributed by atoms with Crippen LogP contribution in [0.2, 0.25) is 0 Å². The number of aliphatic hydroxyl groups is 1. The van der Waals surface area contributed by atoms with Gasteiger partial charge in [-0.1, -0.05) is 5.16 Å². The SMILES string of the molecule is C[C@H]1[C@H](NC(=O)/C(=N\OCCNC(O)C=O)c2csc(N)n2)C(=O)N1S(=O)(=O)O. The molecule has 0 radical (unpaired) electrons. The van der Waals surface area contributed by atoms with E-state index in [2.05, 4.69) is 20.8 Å². The predicted molar refractivity (Wildman–Crippen MR) is 98.9 cm³/mol. The van der Waals surface area contributed by atoms with E-state index < -0.39 is 40.4 Å². The average Bonchev–Trinajstić information content (AvgIpc) is 3.07. The maximum atomic E-state index is 12.5. The van der Waals surface area contributed by atoms with Crippen LogP contribution in [-0.2, 0) is 29.5 Å². The Morgan fingerprint density at radius 3 is 2.79 bits per heavy atom. The molecule has 1 aromatic rings. The van der Waals surface area contributed by atoms with Crippen molar-refractivity contribution < 1.29 is 37.3 Å². The van der Waals surface area contributed by atoms with Crippen LogP contribution in [-0.4, -0.2) is 82.6 Å². The highest BCUT2D eigenvalue weighted by atomic mass is 32.2. The van der Waals surface area contributed by atoms with Gasteiger partial charge in [-0.15, -0.1) is 11.3 Å². The van der Waals surface area contributed by atoms with Crippen LogP contribution in [0.15, 0.2) is 10.5 Å². The second kappa shape index (κ2) is 9.23. The number of nitrogens with two attached hydrogens (primary N) is 1. The van der Waals surface area contributed by atoms with Crippen LogP contribution in [0.3, 0.4) is 0 Å². The zero-order valence-corrected chi connectivity index (χ0v) is 16.5. The summed E-state index contributed by atoms with van der Waals surface area (Å²) in [5.41, 5.74) is 5.26. The van der Waals surface area contributed by atoms with Crippen molar-refractivity contribution in [3.8, 4) is 0 Å². The van der Waals surface area contributed by atoms with Crippen LogP contribution in [0.5, 0.6) is 0 Å². The number of hydrogen-bond donors (Lipinski definition) is 5. The second-order valence-electron chi connectivity index (χ2n) is 5.68. The molecule has 0 spiro atoms. The minimum absolute atomic E-state index is 0.0268. The summed E-state index contributed by atoms with van der Waals surface area (Å²) in [5, 5.41) is 18.9. The van der Waals surface area contributed by atoms with E-state index in [0.29, 0.717) is 0 Å². The second-order valence-corrected chi connectivity index (χ2v) is 7.86. The molecule has 0 saturated carbocycles. The number of hydrogen-bond acceptors (Lipinski definition) is 12. The first-order chi connectivity index (χ1) is 13.6. The van der Waals surface area contributed by atoms with E-state index in [0.717, 1.165) is 11.3 Å². The van der Waals surface area contributed by atoms with Gasteiger partial charge in [-0.05, 0) is 6.92 Å². The fraction of sp³-hybridized carbons (Fsp3) is 0.462. The number of nitrogens with one attached hydrogen (secondary N) is 2. The number of amides is 2. The molecule has 2 rings (SSSR count). The summed E-state index contributed by atoms with van der Waals surface area (Å²) in [6.45, 7) is 1.22. The lowest BCUT2D eigenvalue weighted by molar-refractivity contribution is -0.143. The summed E-state index contributed by atoms with van der Waals surface area (Å²) in [6, 6.07) is -2.23. The van der Waals surface area contributed by atoms with E-state index in [1.54, 1.807) is 0 Å². The standard InChI is InChI=1S/C13H18N6O8S2/c1-6-9(12(23)19(6)29(24,25)26)17-11(22)10(7-5-28-13(14)16-7)18-27-3-2-15-8(21)4-20/h4-6,8-9,15,21H,2-3H2,1H3,(H2,14,16)(H,17,22)(H,24,25,26)/b18-10-/t6-,8?,9-/m0/s1. The molecule has 2 heterocycles. The van der Waals surface area contributed by atoms with E-state index in [1.165, 1.54) is 12.3 Å². The number of aldehydes is 1. The normalized spacial score (nSPS) is 20.7. The third-order valence-corrected chi connectivity index (χ3v) is 5.37.